The summed E-state index contributed by atoms with van der Waals surface area (Å²) in [5.41, 5.74) is 4.95. The molecule has 94 valence electrons. The molecule has 0 bridgehead atoms. The van der Waals surface area contributed by atoms with Crippen molar-refractivity contribution < 1.29 is 22.8 Å². The zero-order valence-corrected chi connectivity index (χ0v) is 8.80. The van der Waals surface area contributed by atoms with Crippen LogP contribution in [0.2, 0.25) is 0 Å². The number of likely N-dealkylation sites (N-methyl/N-ethyl adjacent to an activating group) is 1. The number of carbonyl (C=O) groups is 2. The highest BCUT2D eigenvalue weighted by molar-refractivity contribution is 5.85. The number of nitrogens with zero attached hydrogens (tertiary/aromatic N) is 1. The smallest absolute Gasteiger partial charge is 0.346 e. The lowest BCUT2D eigenvalue weighted by Gasteiger charge is -2.22. The summed E-state index contributed by atoms with van der Waals surface area (Å²) in [7, 11) is 0. The van der Waals surface area contributed by atoms with Crippen LogP contribution in [-0.2, 0) is 9.59 Å². The Morgan fingerprint density at radius 3 is 2.31 bits per heavy atom. The van der Waals surface area contributed by atoms with E-state index >= 15 is 0 Å². The quantitative estimate of drug-likeness (QED) is 0.679. The van der Waals surface area contributed by atoms with Crippen LogP contribution in [0.5, 0.6) is 0 Å². The van der Waals surface area contributed by atoms with Crippen molar-refractivity contribution in [3.63, 3.8) is 0 Å². The van der Waals surface area contributed by atoms with Gasteiger partial charge in [0.05, 0.1) is 13.1 Å². The number of hydrogen-bond donors (Lipinski definition) is 2. The molecule has 0 aliphatic heterocycles. The number of carbonyl (C=O) groups excluding carboxylic acids is 2. The van der Waals surface area contributed by atoms with Crippen molar-refractivity contribution in [1.29, 1.82) is 0 Å². The minimum absolute atomic E-state index is 0.0726. The van der Waals surface area contributed by atoms with E-state index in [-0.39, 0.29) is 13.1 Å². The summed E-state index contributed by atoms with van der Waals surface area (Å²) in [6, 6.07) is 0. The lowest BCUT2D eigenvalue weighted by molar-refractivity contribution is -0.160. The number of alkyl halides is 3. The molecule has 8 heteroatoms. The number of halogens is 3. The predicted molar refractivity (Wildman–Crippen MR) is 50.4 cm³/mol. The summed E-state index contributed by atoms with van der Waals surface area (Å²) in [4.78, 5) is 22.5. The molecule has 0 atom stereocenters. The van der Waals surface area contributed by atoms with Gasteiger partial charge in [-0.3, -0.25) is 9.59 Å². The molecule has 0 aliphatic carbocycles. The van der Waals surface area contributed by atoms with Crippen LogP contribution in [0.15, 0.2) is 0 Å². The predicted octanol–water partition coefficient (Wildman–Crippen LogP) is -0.528. The second kappa shape index (κ2) is 6.31. The normalized spacial score (nSPS) is 11.1. The molecule has 0 spiro atoms. The molecular weight excluding hydrogens is 227 g/mol. The molecule has 0 aromatic rings. The van der Waals surface area contributed by atoms with E-state index in [1.165, 1.54) is 6.92 Å². The third-order valence-corrected chi connectivity index (χ3v) is 1.73. The molecule has 0 aromatic heterocycles. The Morgan fingerprint density at radius 2 is 1.94 bits per heavy atom. The summed E-state index contributed by atoms with van der Waals surface area (Å²) in [6.45, 7) is -0.745. The van der Waals surface area contributed by atoms with Crippen molar-refractivity contribution in [2.45, 2.75) is 13.1 Å². The zero-order valence-electron chi connectivity index (χ0n) is 8.80. The van der Waals surface area contributed by atoms with Crippen LogP contribution in [0.25, 0.3) is 0 Å². The van der Waals surface area contributed by atoms with Gasteiger partial charge in [0, 0.05) is 6.54 Å². The highest BCUT2D eigenvalue weighted by Gasteiger charge is 2.32. The molecule has 0 fully saturated rings. The van der Waals surface area contributed by atoms with Gasteiger partial charge in [0.25, 0.3) is 0 Å². The number of nitrogens with one attached hydrogen (secondary N) is 1. The van der Waals surface area contributed by atoms with Gasteiger partial charge in [0.2, 0.25) is 11.8 Å². The average Bonchev–Trinajstić information content (AvgIpc) is 2.20. The molecule has 0 radical (unpaired) electrons. The van der Waals surface area contributed by atoms with Gasteiger partial charge in [-0.1, -0.05) is 0 Å². The Hall–Kier alpha value is -1.31. The molecule has 0 saturated carbocycles. The standard InChI is InChI=1S/C8H14F3N3O2/c1-2-14(5-8(9,10)11)7(16)4-13-6(15)3-12/h2-5,12H2,1H3,(H,13,15). The molecule has 16 heavy (non-hydrogen) atoms. The van der Waals surface area contributed by atoms with E-state index in [9.17, 15) is 22.8 Å². The Kier molecular flexibility index (Phi) is 5.79. The van der Waals surface area contributed by atoms with Gasteiger partial charge in [-0.05, 0) is 6.92 Å². The maximum absolute atomic E-state index is 12.0. The molecule has 2 amide bonds. The molecule has 0 unspecified atom stereocenters. The zero-order chi connectivity index (χ0) is 12.8. The fourth-order valence-electron chi connectivity index (χ4n) is 0.951. The van der Waals surface area contributed by atoms with E-state index in [0.29, 0.717) is 4.90 Å². The van der Waals surface area contributed by atoms with Gasteiger partial charge in [0.1, 0.15) is 6.54 Å². The molecule has 0 aliphatic rings. The topological polar surface area (TPSA) is 75.4 Å². The third kappa shape index (κ3) is 6.23. The van der Waals surface area contributed by atoms with E-state index in [4.69, 9.17) is 5.73 Å². The Labute approximate surface area is 90.8 Å². The van der Waals surface area contributed by atoms with Crippen molar-refractivity contribution in [3.05, 3.63) is 0 Å². The second-order valence-corrected chi connectivity index (χ2v) is 3.00. The van der Waals surface area contributed by atoms with Crippen LogP contribution >= 0.6 is 0 Å². The van der Waals surface area contributed by atoms with Crippen LogP contribution < -0.4 is 11.1 Å². The van der Waals surface area contributed by atoms with Crippen LogP contribution in [0.4, 0.5) is 13.2 Å². The maximum atomic E-state index is 12.0. The van der Waals surface area contributed by atoms with Crippen LogP contribution in [-0.4, -0.2) is 49.1 Å². The Bertz CT molecular complexity index is 255. The Balaban J connectivity index is 4.16. The van der Waals surface area contributed by atoms with Gasteiger partial charge in [-0.2, -0.15) is 13.2 Å². The SMILES string of the molecule is CCN(CC(F)(F)F)C(=O)CNC(=O)CN. The first-order chi connectivity index (χ1) is 7.30. The van der Waals surface area contributed by atoms with Gasteiger partial charge in [-0.25, -0.2) is 0 Å². The average molecular weight is 241 g/mol. The molecular formula is C8H14F3N3O2. The molecule has 0 rings (SSSR count). The van der Waals surface area contributed by atoms with E-state index in [0.717, 1.165) is 0 Å². The highest BCUT2D eigenvalue weighted by Crippen LogP contribution is 2.16. The van der Waals surface area contributed by atoms with Crippen molar-refractivity contribution in [2.24, 2.45) is 5.73 Å². The molecule has 0 heterocycles. The van der Waals surface area contributed by atoms with Crippen molar-refractivity contribution in [2.75, 3.05) is 26.2 Å². The molecule has 0 aromatic carbocycles. The number of hydrogen-bond acceptors (Lipinski definition) is 3. The third-order valence-electron chi connectivity index (χ3n) is 1.73. The summed E-state index contributed by atoms with van der Waals surface area (Å²) in [6.07, 6.45) is -4.44. The van der Waals surface area contributed by atoms with Gasteiger partial charge >= 0.3 is 6.18 Å². The summed E-state index contributed by atoms with van der Waals surface area (Å²) < 4.78 is 36.1. The fourth-order valence-corrected chi connectivity index (χ4v) is 0.951. The van der Waals surface area contributed by atoms with E-state index < -0.39 is 31.1 Å². The van der Waals surface area contributed by atoms with Gasteiger partial charge in [0.15, 0.2) is 0 Å². The summed E-state index contributed by atoms with van der Waals surface area (Å²) >= 11 is 0. The first-order valence-electron chi connectivity index (χ1n) is 4.61. The summed E-state index contributed by atoms with van der Waals surface area (Å²) in [5, 5.41) is 2.11. The van der Waals surface area contributed by atoms with E-state index in [2.05, 4.69) is 5.32 Å². The number of nitrogens with two attached hydrogens (primary N) is 1. The second-order valence-electron chi connectivity index (χ2n) is 3.00. The van der Waals surface area contributed by atoms with Crippen LogP contribution in [0.1, 0.15) is 6.92 Å². The van der Waals surface area contributed by atoms with Crippen LogP contribution in [0, 0.1) is 0 Å². The van der Waals surface area contributed by atoms with Gasteiger partial charge < -0.3 is 16.0 Å². The lowest BCUT2D eigenvalue weighted by Crippen LogP contribution is -2.45. The molecule has 3 N–H and O–H groups in total. The Morgan fingerprint density at radius 1 is 1.38 bits per heavy atom. The van der Waals surface area contributed by atoms with Crippen molar-refractivity contribution in [1.82, 2.24) is 10.2 Å². The number of amides is 2. The lowest BCUT2D eigenvalue weighted by atomic mass is 10.4. The first-order valence-corrected chi connectivity index (χ1v) is 4.61. The van der Waals surface area contributed by atoms with Crippen molar-refractivity contribution in [3.8, 4) is 0 Å². The van der Waals surface area contributed by atoms with Crippen LogP contribution in [0.3, 0.4) is 0 Å². The highest BCUT2D eigenvalue weighted by atomic mass is 19.4. The van der Waals surface area contributed by atoms with Crippen molar-refractivity contribution >= 4 is 11.8 Å². The first kappa shape index (κ1) is 14.7. The fraction of sp³-hybridized carbons (Fsp3) is 0.750. The molecule has 5 nitrogen and oxygen atoms in total. The van der Waals surface area contributed by atoms with E-state index in [1.54, 1.807) is 0 Å². The van der Waals surface area contributed by atoms with Gasteiger partial charge in [-0.15, -0.1) is 0 Å². The summed E-state index contributed by atoms with van der Waals surface area (Å²) in [5.74, 6) is -1.38. The minimum Gasteiger partial charge on any atom is -0.346 e. The monoisotopic (exact) mass is 241 g/mol. The molecule has 0 saturated heterocycles. The number of rotatable bonds is 5. The largest absolute Gasteiger partial charge is 0.406 e. The minimum atomic E-state index is -4.44. The maximum Gasteiger partial charge on any atom is 0.406 e. The van der Waals surface area contributed by atoms with E-state index in [1.807, 2.05) is 0 Å².